The molecule has 0 saturated heterocycles. The van der Waals surface area contributed by atoms with Crippen LogP contribution in [0.25, 0.3) is 21.8 Å². The van der Waals surface area contributed by atoms with Crippen molar-refractivity contribution in [3.8, 4) is 0 Å². The van der Waals surface area contributed by atoms with Crippen LogP contribution >= 0.6 is 0 Å². The van der Waals surface area contributed by atoms with Gasteiger partial charge in [-0.2, -0.15) is 0 Å². The Kier molecular flexibility index (Phi) is 2.89. The predicted molar refractivity (Wildman–Crippen MR) is 85.5 cm³/mol. The van der Waals surface area contributed by atoms with Gasteiger partial charge in [-0.25, -0.2) is 0 Å². The van der Waals surface area contributed by atoms with Crippen LogP contribution in [0.15, 0.2) is 41.2 Å². The Hall–Kier alpha value is -2.09. The van der Waals surface area contributed by atoms with Gasteiger partial charge in [-0.15, -0.1) is 0 Å². The van der Waals surface area contributed by atoms with Crippen LogP contribution in [0.1, 0.15) is 30.9 Å². The topological polar surface area (TPSA) is 22.0 Å². The van der Waals surface area contributed by atoms with Crippen LogP contribution < -0.4 is 5.43 Å². The lowest BCUT2D eigenvalue weighted by atomic mass is 9.99. The van der Waals surface area contributed by atoms with Gasteiger partial charge in [0.25, 0.3) is 0 Å². The van der Waals surface area contributed by atoms with E-state index in [1.807, 2.05) is 25.2 Å². The third-order valence-electron chi connectivity index (χ3n) is 4.05. The van der Waals surface area contributed by atoms with E-state index >= 15 is 0 Å². The maximum Gasteiger partial charge on any atom is 0.197 e. The number of aryl methyl sites for hydroxylation is 2. The number of nitrogens with zero attached hydrogens (tertiary/aromatic N) is 1. The molecule has 0 aliphatic carbocycles. The summed E-state index contributed by atoms with van der Waals surface area (Å²) in [5.41, 5.74) is 4.51. The highest BCUT2D eigenvalue weighted by atomic mass is 16.1. The van der Waals surface area contributed by atoms with Crippen LogP contribution in [0.4, 0.5) is 0 Å². The highest BCUT2D eigenvalue weighted by Gasteiger charge is 2.10. The molecule has 20 heavy (non-hydrogen) atoms. The number of pyridine rings is 1. The summed E-state index contributed by atoms with van der Waals surface area (Å²) < 4.78 is 2.11. The van der Waals surface area contributed by atoms with Gasteiger partial charge in [0.15, 0.2) is 5.43 Å². The Morgan fingerprint density at radius 1 is 0.950 bits per heavy atom. The van der Waals surface area contributed by atoms with Crippen LogP contribution in [0.5, 0.6) is 0 Å². The van der Waals surface area contributed by atoms with Crippen LogP contribution in [-0.2, 0) is 7.05 Å². The molecule has 0 aliphatic rings. The molecule has 0 bridgehead atoms. The summed E-state index contributed by atoms with van der Waals surface area (Å²) in [7, 11) is 2.03. The molecular formula is C18H19NO. The quantitative estimate of drug-likeness (QED) is 0.606. The van der Waals surface area contributed by atoms with Gasteiger partial charge in [0.05, 0.1) is 11.0 Å². The average molecular weight is 265 g/mol. The minimum absolute atomic E-state index is 0.135. The van der Waals surface area contributed by atoms with E-state index in [0.29, 0.717) is 5.92 Å². The minimum Gasteiger partial charge on any atom is -0.343 e. The number of fused-ring (bicyclic) bond motifs is 2. The van der Waals surface area contributed by atoms with E-state index in [4.69, 9.17) is 0 Å². The third kappa shape index (κ3) is 1.83. The first kappa shape index (κ1) is 12.9. The minimum atomic E-state index is 0.135. The lowest BCUT2D eigenvalue weighted by Crippen LogP contribution is -2.09. The van der Waals surface area contributed by atoms with Crippen LogP contribution in [-0.4, -0.2) is 4.57 Å². The summed E-state index contributed by atoms with van der Waals surface area (Å²) in [6, 6.07) is 12.2. The number of rotatable bonds is 1. The summed E-state index contributed by atoms with van der Waals surface area (Å²) in [5.74, 6) is 0.429. The molecule has 0 aliphatic heterocycles. The zero-order valence-electron chi connectivity index (χ0n) is 12.4. The van der Waals surface area contributed by atoms with Gasteiger partial charge in [-0.05, 0) is 48.2 Å². The molecule has 0 saturated carbocycles. The molecule has 2 nitrogen and oxygen atoms in total. The molecule has 2 aromatic carbocycles. The van der Waals surface area contributed by atoms with Gasteiger partial charge in [-0.1, -0.05) is 26.0 Å². The highest BCUT2D eigenvalue weighted by molar-refractivity contribution is 5.93. The van der Waals surface area contributed by atoms with E-state index in [0.717, 1.165) is 21.8 Å². The van der Waals surface area contributed by atoms with Crippen molar-refractivity contribution in [3.63, 3.8) is 0 Å². The maximum absolute atomic E-state index is 12.7. The molecule has 0 atom stereocenters. The van der Waals surface area contributed by atoms with Crippen LogP contribution in [0.3, 0.4) is 0 Å². The van der Waals surface area contributed by atoms with E-state index in [2.05, 4.69) is 43.5 Å². The molecule has 1 heterocycles. The second-order valence-corrected chi connectivity index (χ2v) is 5.84. The van der Waals surface area contributed by atoms with Crippen molar-refractivity contribution in [1.29, 1.82) is 0 Å². The zero-order chi connectivity index (χ0) is 14.4. The van der Waals surface area contributed by atoms with Crippen molar-refractivity contribution >= 4 is 21.8 Å². The first-order valence-corrected chi connectivity index (χ1v) is 7.02. The van der Waals surface area contributed by atoms with Gasteiger partial charge in [0, 0.05) is 17.8 Å². The van der Waals surface area contributed by atoms with E-state index in [9.17, 15) is 4.79 Å². The lowest BCUT2D eigenvalue weighted by Gasteiger charge is -2.13. The molecule has 3 rings (SSSR count). The monoisotopic (exact) mass is 265 g/mol. The van der Waals surface area contributed by atoms with Gasteiger partial charge in [-0.3, -0.25) is 4.79 Å². The summed E-state index contributed by atoms with van der Waals surface area (Å²) >= 11 is 0. The molecule has 0 unspecified atom stereocenters. The molecule has 102 valence electrons. The number of aromatic nitrogens is 1. The van der Waals surface area contributed by atoms with Crippen molar-refractivity contribution < 1.29 is 0 Å². The second-order valence-electron chi connectivity index (χ2n) is 5.84. The Balaban J connectivity index is 2.52. The fraction of sp³-hybridized carbons (Fsp3) is 0.278. The van der Waals surface area contributed by atoms with E-state index in [-0.39, 0.29) is 5.43 Å². The zero-order valence-corrected chi connectivity index (χ0v) is 12.4. The summed E-state index contributed by atoms with van der Waals surface area (Å²) in [4.78, 5) is 12.7. The summed E-state index contributed by atoms with van der Waals surface area (Å²) in [6.07, 6.45) is 0. The molecule has 3 aromatic rings. The lowest BCUT2D eigenvalue weighted by molar-refractivity contribution is 0.867. The molecular weight excluding hydrogens is 246 g/mol. The number of hydrogen-bond acceptors (Lipinski definition) is 1. The van der Waals surface area contributed by atoms with E-state index in [1.165, 1.54) is 11.1 Å². The van der Waals surface area contributed by atoms with Crippen LogP contribution in [0, 0.1) is 6.92 Å². The first-order valence-electron chi connectivity index (χ1n) is 7.02. The molecule has 1 aromatic heterocycles. The Morgan fingerprint density at radius 3 is 2.40 bits per heavy atom. The molecule has 0 radical (unpaired) electrons. The fourth-order valence-electron chi connectivity index (χ4n) is 2.77. The van der Waals surface area contributed by atoms with Gasteiger partial charge >= 0.3 is 0 Å². The molecule has 0 spiro atoms. The molecule has 0 amide bonds. The SMILES string of the molecule is Cc1ccc2c(=O)c3cc(C(C)C)ccc3n(C)c2c1. The first-order chi connectivity index (χ1) is 9.49. The van der Waals surface area contributed by atoms with Gasteiger partial charge < -0.3 is 4.57 Å². The van der Waals surface area contributed by atoms with Crippen molar-refractivity contribution in [2.45, 2.75) is 26.7 Å². The molecule has 2 heteroatoms. The average Bonchev–Trinajstić information content (AvgIpc) is 2.44. The Labute approximate surface area is 118 Å². The number of hydrogen-bond donors (Lipinski definition) is 0. The predicted octanol–water partition coefficient (Wildman–Crippen LogP) is 4.12. The summed E-state index contributed by atoms with van der Waals surface area (Å²) in [5, 5.41) is 1.61. The van der Waals surface area contributed by atoms with E-state index < -0.39 is 0 Å². The Bertz CT molecular complexity index is 872. The molecule has 0 fully saturated rings. The largest absolute Gasteiger partial charge is 0.343 e. The standard InChI is InChI=1S/C18H19NO/c1-11(2)13-6-8-16-15(10-13)18(20)14-7-5-12(3)9-17(14)19(16)4/h5-11H,1-4H3. The maximum atomic E-state index is 12.7. The van der Waals surface area contributed by atoms with Gasteiger partial charge in [0.1, 0.15) is 0 Å². The smallest absolute Gasteiger partial charge is 0.197 e. The Morgan fingerprint density at radius 2 is 1.70 bits per heavy atom. The normalized spacial score (nSPS) is 11.7. The third-order valence-corrected chi connectivity index (χ3v) is 4.05. The summed E-state index contributed by atoms with van der Waals surface area (Å²) in [6.45, 7) is 6.35. The number of benzene rings is 2. The second kappa shape index (κ2) is 4.48. The molecule has 0 N–H and O–H groups in total. The van der Waals surface area contributed by atoms with Crippen molar-refractivity contribution in [1.82, 2.24) is 4.57 Å². The van der Waals surface area contributed by atoms with Crippen molar-refractivity contribution in [2.24, 2.45) is 7.05 Å². The fourth-order valence-corrected chi connectivity index (χ4v) is 2.77. The van der Waals surface area contributed by atoms with Gasteiger partial charge in [0.2, 0.25) is 0 Å². The van der Waals surface area contributed by atoms with Crippen molar-refractivity contribution in [2.75, 3.05) is 0 Å². The van der Waals surface area contributed by atoms with E-state index in [1.54, 1.807) is 0 Å². The highest BCUT2D eigenvalue weighted by Crippen LogP contribution is 2.23. The van der Waals surface area contributed by atoms with Crippen LogP contribution in [0.2, 0.25) is 0 Å². The van der Waals surface area contributed by atoms with Crippen molar-refractivity contribution in [3.05, 3.63) is 57.7 Å².